The fraction of sp³-hybridized carbons (Fsp3) is 0.667. The van der Waals surface area contributed by atoms with Crippen LogP contribution in [0.5, 0.6) is 0 Å². The molecule has 0 bridgehead atoms. The van der Waals surface area contributed by atoms with E-state index in [0.29, 0.717) is 12.5 Å². The summed E-state index contributed by atoms with van der Waals surface area (Å²) in [4.78, 5) is 21.7. The molecule has 1 saturated carbocycles. The number of nitro groups is 1. The Labute approximate surface area is 115 Å². The van der Waals surface area contributed by atoms with Gasteiger partial charge in [-0.15, -0.1) is 0 Å². The molecule has 0 unspecified atom stereocenters. The maximum Gasteiger partial charge on any atom is 0.307 e. The van der Waals surface area contributed by atoms with Crippen LogP contribution < -0.4 is 5.32 Å². The highest BCUT2D eigenvalue weighted by Crippen LogP contribution is 2.23. The fourth-order valence-corrected chi connectivity index (χ4v) is 2.34. The third-order valence-electron chi connectivity index (χ3n) is 3.54. The number of nitrogens with one attached hydrogen (secondary N) is 1. The minimum absolute atomic E-state index is 0.0246. The summed E-state index contributed by atoms with van der Waals surface area (Å²) in [6, 6.07) is 0. The smallest absolute Gasteiger partial charge is 0.307 e. The molecule has 1 aliphatic carbocycles. The zero-order valence-electron chi connectivity index (χ0n) is 11.1. The van der Waals surface area contributed by atoms with Gasteiger partial charge in [-0.3, -0.25) is 19.6 Å². The van der Waals surface area contributed by atoms with E-state index in [9.17, 15) is 20.0 Å². The van der Waals surface area contributed by atoms with E-state index in [-0.39, 0.29) is 24.2 Å². The first-order valence-corrected chi connectivity index (χ1v) is 6.66. The summed E-state index contributed by atoms with van der Waals surface area (Å²) in [5.41, 5.74) is -0.126. The molecule has 0 aliphatic heterocycles. The van der Waals surface area contributed by atoms with Gasteiger partial charge in [-0.05, 0) is 31.6 Å². The lowest BCUT2D eigenvalue weighted by molar-refractivity contribution is -0.385. The maximum atomic E-state index is 11.7. The Kier molecular flexibility index (Phi) is 4.67. The molecule has 0 atom stereocenters. The Hall–Kier alpha value is -1.96. The molecule has 1 aromatic rings. The molecule has 1 aliphatic rings. The highest BCUT2D eigenvalue weighted by molar-refractivity contribution is 5.75. The summed E-state index contributed by atoms with van der Waals surface area (Å²) in [7, 11) is 0. The second-order valence-electron chi connectivity index (χ2n) is 5.13. The Morgan fingerprint density at radius 3 is 2.80 bits per heavy atom. The molecule has 1 aromatic heterocycles. The Balaban J connectivity index is 1.73. The average Bonchev–Trinajstić information content (AvgIpc) is 2.87. The predicted octanol–water partition coefficient (Wildman–Crippen LogP) is 0.459. The molecule has 0 aromatic carbocycles. The normalized spacial score (nSPS) is 22.4. The van der Waals surface area contributed by atoms with Gasteiger partial charge in [0, 0.05) is 6.54 Å². The number of aliphatic hydroxyl groups excluding tert-OH is 1. The van der Waals surface area contributed by atoms with Crippen molar-refractivity contribution in [2.45, 2.75) is 38.3 Å². The van der Waals surface area contributed by atoms with Crippen molar-refractivity contribution in [3.63, 3.8) is 0 Å². The number of aromatic nitrogens is 2. The maximum absolute atomic E-state index is 11.7. The molecule has 2 rings (SSSR count). The topological polar surface area (TPSA) is 110 Å². The molecular formula is C12H18N4O4. The van der Waals surface area contributed by atoms with E-state index < -0.39 is 4.92 Å². The van der Waals surface area contributed by atoms with Crippen LogP contribution in [0.15, 0.2) is 12.4 Å². The van der Waals surface area contributed by atoms with Crippen molar-refractivity contribution in [3.8, 4) is 0 Å². The molecule has 0 saturated heterocycles. The quantitative estimate of drug-likeness (QED) is 0.602. The first-order valence-electron chi connectivity index (χ1n) is 6.66. The van der Waals surface area contributed by atoms with Crippen LogP contribution in [0.2, 0.25) is 0 Å². The lowest BCUT2D eigenvalue weighted by Gasteiger charge is -2.25. The SMILES string of the molecule is O=C(Cn1cc([N+](=O)[O-])cn1)NCC1CCC(O)CC1. The molecule has 1 amide bonds. The highest BCUT2D eigenvalue weighted by Gasteiger charge is 2.20. The van der Waals surface area contributed by atoms with Gasteiger partial charge < -0.3 is 10.4 Å². The zero-order chi connectivity index (χ0) is 14.5. The third-order valence-corrected chi connectivity index (χ3v) is 3.54. The van der Waals surface area contributed by atoms with Crippen molar-refractivity contribution < 1.29 is 14.8 Å². The Morgan fingerprint density at radius 2 is 2.20 bits per heavy atom. The monoisotopic (exact) mass is 282 g/mol. The fourth-order valence-electron chi connectivity index (χ4n) is 2.34. The van der Waals surface area contributed by atoms with Crippen LogP contribution in [-0.4, -0.2) is 38.4 Å². The Bertz CT molecular complexity index is 480. The summed E-state index contributed by atoms with van der Waals surface area (Å²) < 4.78 is 1.25. The van der Waals surface area contributed by atoms with Gasteiger partial charge in [-0.25, -0.2) is 0 Å². The second-order valence-corrected chi connectivity index (χ2v) is 5.13. The van der Waals surface area contributed by atoms with Crippen LogP contribution in [0.1, 0.15) is 25.7 Å². The van der Waals surface area contributed by atoms with E-state index in [1.807, 2.05) is 0 Å². The predicted molar refractivity (Wildman–Crippen MR) is 69.9 cm³/mol. The molecule has 8 heteroatoms. The molecule has 0 spiro atoms. The van der Waals surface area contributed by atoms with Gasteiger partial charge in [0.2, 0.25) is 5.91 Å². The summed E-state index contributed by atoms with van der Waals surface area (Å²) in [6.07, 6.45) is 5.54. The highest BCUT2D eigenvalue weighted by atomic mass is 16.6. The van der Waals surface area contributed by atoms with Crippen molar-refractivity contribution >= 4 is 11.6 Å². The van der Waals surface area contributed by atoms with Gasteiger partial charge in [-0.2, -0.15) is 5.10 Å². The van der Waals surface area contributed by atoms with E-state index in [2.05, 4.69) is 10.4 Å². The average molecular weight is 282 g/mol. The molecule has 8 nitrogen and oxygen atoms in total. The minimum atomic E-state index is -0.547. The standard InChI is InChI=1S/C12H18N4O4/c17-11-3-1-9(2-4-11)5-13-12(18)8-15-7-10(6-14-15)16(19)20/h6-7,9,11,17H,1-5,8H2,(H,13,18). The number of carbonyl (C=O) groups excluding carboxylic acids is 1. The van der Waals surface area contributed by atoms with Crippen molar-refractivity contribution in [1.29, 1.82) is 0 Å². The molecule has 20 heavy (non-hydrogen) atoms. The van der Waals surface area contributed by atoms with Gasteiger partial charge in [-0.1, -0.05) is 0 Å². The first kappa shape index (κ1) is 14.4. The van der Waals surface area contributed by atoms with Crippen LogP contribution in [-0.2, 0) is 11.3 Å². The van der Waals surface area contributed by atoms with Crippen molar-refractivity contribution in [2.75, 3.05) is 6.54 Å². The van der Waals surface area contributed by atoms with Crippen molar-refractivity contribution in [1.82, 2.24) is 15.1 Å². The van der Waals surface area contributed by atoms with Crippen LogP contribution >= 0.6 is 0 Å². The number of hydrogen-bond acceptors (Lipinski definition) is 5. The number of carbonyl (C=O) groups is 1. The van der Waals surface area contributed by atoms with Gasteiger partial charge in [0.15, 0.2) is 0 Å². The molecule has 110 valence electrons. The van der Waals surface area contributed by atoms with E-state index >= 15 is 0 Å². The lowest BCUT2D eigenvalue weighted by atomic mass is 9.87. The number of amides is 1. The van der Waals surface area contributed by atoms with E-state index in [4.69, 9.17) is 0 Å². The molecule has 1 fully saturated rings. The van der Waals surface area contributed by atoms with Crippen LogP contribution in [0.25, 0.3) is 0 Å². The van der Waals surface area contributed by atoms with E-state index in [1.54, 1.807) is 0 Å². The summed E-state index contributed by atoms with van der Waals surface area (Å²) >= 11 is 0. The van der Waals surface area contributed by atoms with E-state index in [1.165, 1.54) is 10.9 Å². The molecule has 1 heterocycles. The van der Waals surface area contributed by atoms with Crippen molar-refractivity contribution in [2.24, 2.45) is 5.92 Å². The first-order chi connectivity index (χ1) is 9.54. The number of hydrogen-bond donors (Lipinski definition) is 2. The van der Waals surface area contributed by atoms with E-state index in [0.717, 1.165) is 31.9 Å². The van der Waals surface area contributed by atoms with Gasteiger partial charge >= 0.3 is 5.69 Å². The molecule has 2 N–H and O–H groups in total. The molecule has 0 radical (unpaired) electrons. The summed E-state index contributed by atoms with van der Waals surface area (Å²) in [5, 5.41) is 26.4. The second kappa shape index (κ2) is 6.47. The lowest BCUT2D eigenvalue weighted by Crippen LogP contribution is -2.34. The van der Waals surface area contributed by atoms with Crippen LogP contribution in [0.4, 0.5) is 5.69 Å². The van der Waals surface area contributed by atoms with Gasteiger partial charge in [0.25, 0.3) is 0 Å². The van der Waals surface area contributed by atoms with Crippen LogP contribution in [0.3, 0.4) is 0 Å². The Morgan fingerprint density at radius 1 is 1.50 bits per heavy atom. The number of rotatable bonds is 5. The number of nitrogens with zero attached hydrogens (tertiary/aromatic N) is 3. The minimum Gasteiger partial charge on any atom is -0.393 e. The number of aliphatic hydroxyl groups is 1. The summed E-state index contributed by atoms with van der Waals surface area (Å²) in [6.45, 7) is 0.554. The third kappa shape index (κ3) is 4.02. The van der Waals surface area contributed by atoms with Gasteiger partial charge in [0.05, 0.1) is 11.0 Å². The largest absolute Gasteiger partial charge is 0.393 e. The zero-order valence-corrected chi connectivity index (χ0v) is 11.1. The van der Waals surface area contributed by atoms with Crippen molar-refractivity contribution in [3.05, 3.63) is 22.5 Å². The molecular weight excluding hydrogens is 264 g/mol. The summed E-state index contributed by atoms with van der Waals surface area (Å²) in [5.74, 6) is 0.184. The van der Waals surface area contributed by atoms with Crippen LogP contribution in [0, 0.1) is 16.0 Å². The van der Waals surface area contributed by atoms with Gasteiger partial charge in [0.1, 0.15) is 18.9 Å².